The van der Waals surface area contributed by atoms with Gasteiger partial charge in [0.25, 0.3) is 0 Å². The van der Waals surface area contributed by atoms with Crippen molar-refractivity contribution in [1.82, 2.24) is 0 Å². The molecule has 0 aliphatic heterocycles. The van der Waals surface area contributed by atoms with Crippen LogP contribution in [-0.2, 0) is 0 Å². The maximum atomic E-state index is 4.28. The van der Waals surface area contributed by atoms with Gasteiger partial charge in [0.2, 0.25) is 0 Å². The van der Waals surface area contributed by atoms with E-state index in [-0.39, 0.29) is 0 Å². The molecular formula is C18H22N2. The highest BCUT2D eigenvalue weighted by molar-refractivity contribution is 5.80. The summed E-state index contributed by atoms with van der Waals surface area (Å²) in [5, 5.41) is 4.28. The summed E-state index contributed by atoms with van der Waals surface area (Å²) in [6, 6.07) is 14.8. The minimum absolute atomic E-state index is 0.564. The van der Waals surface area contributed by atoms with Crippen LogP contribution in [0.5, 0.6) is 0 Å². The third-order valence-electron chi connectivity index (χ3n) is 3.52. The molecule has 0 unspecified atom stereocenters. The van der Waals surface area contributed by atoms with Gasteiger partial charge < -0.3 is 0 Å². The molecule has 20 heavy (non-hydrogen) atoms. The van der Waals surface area contributed by atoms with Gasteiger partial charge in [-0.1, -0.05) is 44.2 Å². The largest absolute Gasteiger partial charge is 0.278 e. The Morgan fingerprint density at radius 2 is 1.65 bits per heavy atom. The molecule has 0 saturated heterocycles. The van der Waals surface area contributed by atoms with Crippen LogP contribution in [0.3, 0.4) is 0 Å². The molecule has 2 rings (SSSR count). The zero-order chi connectivity index (χ0) is 14.5. The van der Waals surface area contributed by atoms with E-state index in [0.29, 0.717) is 5.92 Å². The summed E-state index contributed by atoms with van der Waals surface area (Å²) in [4.78, 5) is 0. The summed E-state index contributed by atoms with van der Waals surface area (Å²) in [6.45, 7) is 8.61. The first-order valence-corrected chi connectivity index (χ1v) is 7.02. The van der Waals surface area contributed by atoms with Crippen molar-refractivity contribution in [2.24, 2.45) is 5.10 Å². The summed E-state index contributed by atoms with van der Waals surface area (Å²) in [5.41, 5.74) is 9.10. The van der Waals surface area contributed by atoms with E-state index in [0.717, 1.165) is 11.3 Å². The van der Waals surface area contributed by atoms with Crippen LogP contribution < -0.4 is 5.43 Å². The maximum Gasteiger partial charge on any atom is 0.0564 e. The molecule has 2 aromatic carbocycles. The Morgan fingerprint density at radius 1 is 0.950 bits per heavy atom. The van der Waals surface area contributed by atoms with Crippen LogP contribution >= 0.6 is 0 Å². The molecule has 0 fully saturated rings. The van der Waals surface area contributed by atoms with Gasteiger partial charge in [-0.25, -0.2) is 0 Å². The normalized spacial score (nSPS) is 11.2. The van der Waals surface area contributed by atoms with Crippen LogP contribution in [0.25, 0.3) is 0 Å². The topological polar surface area (TPSA) is 24.4 Å². The molecule has 0 heterocycles. The molecule has 0 amide bonds. The Hall–Kier alpha value is -2.09. The summed E-state index contributed by atoms with van der Waals surface area (Å²) >= 11 is 0. The first-order valence-electron chi connectivity index (χ1n) is 7.02. The van der Waals surface area contributed by atoms with E-state index in [1.54, 1.807) is 0 Å². The van der Waals surface area contributed by atoms with Gasteiger partial charge in [0, 0.05) is 0 Å². The fourth-order valence-corrected chi connectivity index (χ4v) is 1.96. The third-order valence-corrected chi connectivity index (χ3v) is 3.52. The van der Waals surface area contributed by atoms with Gasteiger partial charge in [0.05, 0.1) is 11.9 Å². The Kier molecular flexibility index (Phi) is 4.57. The van der Waals surface area contributed by atoms with Gasteiger partial charge in [-0.05, 0) is 54.2 Å². The number of hydrogen-bond donors (Lipinski definition) is 1. The fourth-order valence-electron chi connectivity index (χ4n) is 1.96. The molecule has 2 aromatic rings. The number of nitrogens with one attached hydrogen (secondary N) is 1. The predicted octanol–water partition coefficient (Wildman–Crippen LogP) is 4.87. The van der Waals surface area contributed by atoms with Gasteiger partial charge in [-0.2, -0.15) is 5.10 Å². The molecule has 0 aliphatic carbocycles. The summed E-state index contributed by atoms with van der Waals surface area (Å²) in [7, 11) is 0. The van der Waals surface area contributed by atoms with Crippen LogP contribution in [0.15, 0.2) is 47.6 Å². The maximum absolute atomic E-state index is 4.28. The molecule has 104 valence electrons. The van der Waals surface area contributed by atoms with E-state index in [4.69, 9.17) is 0 Å². The molecule has 2 nitrogen and oxygen atoms in total. The van der Waals surface area contributed by atoms with Crippen molar-refractivity contribution in [2.75, 3.05) is 5.43 Å². The second-order valence-corrected chi connectivity index (χ2v) is 5.49. The number of aryl methyl sites for hydroxylation is 2. The molecular weight excluding hydrogens is 244 g/mol. The average Bonchev–Trinajstić information content (AvgIpc) is 2.43. The lowest BCUT2D eigenvalue weighted by molar-refractivity contribution is 0.866. The van der Waals surface area contributed by atoms with Gasteiger partial charge in [-0.3, -0.25) is 5.43 Å². The molecule has 0 bridgehead atoms. The second-order valence-electron chi connectivity index (χ2n) is 5.49. The molecule has 0 radical (unpaired) electrons. The van der Waals surface area contributed by atoms with Crippen LogP contribution in [0.2, 0.25) is 0 Å². The smallest absolute Gasteiger partial charge is 0.0564 e. The first-order chi connectivity index (χ1) is 9.56. The van der Waals surface area contributed by atoms with Gasteiger partial charge in [0.1, 0.15) is 0 Å². The number of nitrogens with zero attached hydrogens (tertiary/aromatic N) is 1. The molecule has 0 aliphatic rings. The highest BCUT2D eigenvalue weighted by Gasteiger charge is 1.97. The van der Waals surface area contributed by atoms with Crippen LogP contribution in [0, 0.1) is 13.8 Å². The van der Waals surface area contributed by atoms with Gasteiger partial charge >= 0.3 is 0 Å². The highest BCUT2D eigenvalue weighted by atomic mass is 15.3. The van der Waals surface area contributed by atoms with E-state index < -0.39 is 0 Å². The van der Waals surface area contributed by atoms with E-state index in [9.17, 15) is 0 Å². The highest BCUT2D eigenvalue weighted by Crippen LogP contribution is 2.15. The summed E-state index contributed by atoms with van der Waals surface area (Å²) in [5.74, 6) is 0.564. The Morgan fingerprint density at radius 3 is 2.25 bits per heavy atom. The van der Waals surface area contributed by atoms with E-state index in [2.05, 4.69) is 74.6 Å². The molecule has 2 heteroatoms. The number of hydrogen-bond acceptors (Lipinski definition) is 2. The number of hydrazone groups is 1. The van der Waals surface area contributed by atoms with Crippen molar-refractivity contribution >= 4 is 11.9 Å². The van der Waals surface area contributed by atoms with E-state index in [1.807, 2.05) is 12.3 Å². The van der Waals surface area contributed by atoms with Crippen molar-refractivity contribution in [1.29, 1.82) is 0 Å². The lowest BCUT2D eigenvalue weighted by Gasteiger charge is -2.05. The summed E-state index contributed by atoms with van der Waals surface area (Å²) in [6.07, 6.45) is 1.85. The quantitative estimate of drug-likeness (QED) is 0.619. The zero-order valence-electron chi connectivity index (χ0n) is 12.6. The number of benzene rings is 2. The Labute approximate surface area is 121 Å². The predicted molar refractivity (Wildman–Crippen MR) is 87.7 cm³/mol. The second kappa shape index (κ2) is 6.38. The molecule has 0 atom stereocenters. The van der Waals surface area contributed by atoms with Crippen LogP contribution in [0.4, 0.5) is 5.69 Å². The average molecular weight is 266 g/mol. The van der Waals surface area contributed by atoms with Crippen molar-refractivity contribution in [2.45, 2.75) is 33.6 Å². The minimum Gasteiger partial charge on any atom is -0.278 e. The molecule has 0 aromatic heterocycles. The van der Waals surface area contributed by atoms with Crippen molar-refractivity contribution in [3.63, 3.8) is 0 Å². The first kappa shape index (κ1) is 14.3. The van der Waals surface area contributed by atoms with Gasteiger partial charge in [-0.15, -0.1) is 0 Å². The Bertz CT molecular complexity index is 595. The fraction of sp³-hybridized carbons (Fsp3) is 0.278. The molecule has 1 N–H and O–H groups in total. The van der Waals surface area contributed by atoms with Crippen LogP contribution in [0.1, 0.15) is 42.0 Å². The Balaban J connectivity index is 2.00. The molecule has 0 spiro atoms. The van der Waals surface area contributed by atoms with Crippen molar-refractivity contribution < 1.29 is 0 Å². The zero-order valence-corrected chi connectivity index (χ0v) is 12.6. The monoisotopic (exact) mass is 266 g/mol. The SMILES string of the molecule is Cc1ccc(N/N=C/c2ccc(C(C)C)cc2)cc1C. The lowest BCUT2D eigenvalue weighted by atomic mass is 10.0. The lowest BCUT2D eigenvalue weighted by Crippen LogP contribution is -1.93. The minimum atomic E-state index is 0.564. The van der Waals surface area contributed by atoms with Crippen molar-refractivity contribution in [3.8, 4) is 0 Å². The summed E-state index contributed by atoms with van der Waals surface area (Å²) < 4.78 is 0. The number of anilines is 1. The van der Waals surface area contributed by atoms with Crippen LogP contribution in [-0.4, -0.2) is 6.21 Å². The van der Waals surface area contributed by atoms with Crippen molar-refractivity contribution in [3.05, 3.63) is 64.7 Å². The third kappa shape index (κ3) is 3.70. The number of rotatable bonds is 4. The standard InChI is InChI=1S/C18H22N2/c1-13(2)17-8-6-16(7-9-17)12-19-20-18-10-5-14(3)15(4)11-18/h5-13,20H,1-4H3/b19-12+. The molecule has 0 saturated carbocycles. The van der Waals surface area contributed by atoms with Gasteiger partial charge in [0.15, 0.2) is 0 Å². The van der Waals surface area contributed by atoms with E-state index >= 15 is 0 Å². The van der Waals surface area contributed by atoms with E-state index in [1.165, 1.54) is 16.7 Å².